The first kappa shape index (κ1) is 13.5. The average Bonchev–Trinajstić information content (AvgIpc) is 2.56. The van der Waals surface area contributed by atoms with Crippen LogP contribution in [0.1, 0.15) is 27.2 Å². The molecule has 2 amide bonds. The summed E-state index contributed by atoms with van der Waals surface area (Å²) in [5, 5.41) is 2.43. The van der Waals surface area contributed by atoms with E-state index in [1.54, 1.807) is 20.8 Å². The van der Waals surface area contributed by atoms with Gasteiger partial charge in [0.1, 0.15) is 11.6 Å². The van der Waals surface area contributed by atoms with Crippen molar-refractivity contribution in [2.45, 2.75) is 38.8 Å². The number of ether oxygens (including phenoxy) is 1. The fourth-order valence-electron chi connectivity index (χ4n) is 1.60. The summed E-state index contributed by atoms with van der Waals surface area (Å²) in [5.41, 5.74) is -0.643. The minimum Gasteiger partial charge on any atom is -0.444 e. The molecule has 1 unspecified atom stereocenters. The molecule has 0 aromatic heterocycles. The molecule has 0 aliphatic carbocycles. The molecule has 1 N–H and O–H groups in total. The number of carbonyl (C=O) groups is 3. The first-order chi connectivity index (χ1) is 7.74. The molecule has 17 heavy (non-hydrogen) atoms. The van der Waals surface area contributed by atoms with E-state index < -0.39 is 17.7 Å². The van der Waals surface area contributed by atoms with Crippen molar-refractivity contribution in [3.63, 3.8) is 0 Å². The van der Waals surface area contributed by atoms with Crippen LogP contribution in [0.3, 0.4) is 0 Å². The van der Waals surface area contributed by atoms with Gasteiger partial charge in [0.05, 0.1) is 6.54 Å². The van der Waals surface area contributed by atoms with Crippen LogP contribution in [0.5, 0.6) is 0 Å². The predicted octanol–water partition coefficient (Wildman–Crippen LogP) is 0.311. The summed E-state index contributed by atoms with van der Waals surface area (Å²) in [6.07, 6.45) is -0.573. The molecule has 0 bridgehead atoms. The minimum absolute atomic E-state index is 0.0545. The van der Waals surface area contributed by atoms with Gasteiger partial charge in [0.25, 0.3) is 0 Å². The van der Waals surface area contributed by atoms with E-state index in [1.807, 2.05) is 0 Å². The molecule has 96 valence electrons. The lowest BCUT2D eigenvalue weighted by Crippen LogP contribution is -2.46. The van der Waals surface area contributed by atoms with Gasteiger partial charge in [-0.3, -0.25) is 14.5 Å². The zero-order valence-corrected chi connectivity index (χ0v) is 10.6. The van der Waals surface area contributed by atoms with Crippen LogP contribution in [0, 0.1) is 0 Å². The van der Waals surface area contributed by atoms with Gasteiger partial charge in [-0.25, -0.2) is 4.79 Å². The van der Waals surface area contributed by atoms with Crippen molar-refractivity contribution in [1.82, 2.24) is 10.2 Å². The topological polar surface area (TPSA) is 75.7 Å². The van der Waals surface area contributed by atoms with E-state index in [-0.39, 0.29) is 24.7 Å². The van der Waals surface area contributed by atoms with Gasteiger partial charge in [-0.15, -0.1) is 0 Å². The molecule has 1 aliphatic heterocycles. The summed E-state index contributed by atoms with van der Waals surface area (Å²) < 4.78 is 5.15. The number of carbonyl (C=O) groups excluding carboxylic acids is 3. The lowest BCUT2D eigenvalue weighted by Gasteiger charge is -2.27. The van der Waals surface area contributed by atoms with Gasteiger partial charge in [0, 0.05) is 13.5 Å². The number of Topliss-reactive ketones (excluding diaryl/α,β-unsaturated/α-hetero) is 1. The molecule has 1 saturated heterocycles. The summed E-state index contributed by atoms with van der Waals surface area (Å²) in [5.74, 6) is -0.480. The molecular weight excluding hydrogens is 224 g/mol. The third kappa shape index (κ3) is 3.44. The molecule has 6 heteroatoms. The van der Waals surface area contributed by atoms with Gasteiger partial charge in [-0.2, -0.15) is 0 Å². The first-order valence-electron chi connectivity index (χ1n) is 5.47. The van der Waals surface area contributed by atoms with Gasteiger partial charge in [0.2, 0.25) is 5.91 Å². The quantitative estimate of drug-likeness (QED) is 0.718. The van der Waals surface area contributed by atoms with Crippen LogP contribution in [0.25, 0.3) is 0 Å². The molecular formula is C11H18N2O4. The maximum absolute atomic E-state index is 11.8. The smallest absolute Gasteiger partial charge is 0.411 e. The third-order valence-electron chi connectivity index (χ3n) is 2.32. The van der Waals surface area contributed by atoms with Gasteiger partial charge in [-0.1, -0.05) is 0 Å². The monoisotopic (exact) mass is 242 g/mol. The van der Waals surface area contributed by atoms with Crippen LogP contribution in [0.4, 0.5) is 4.79 Å². The van der Waals surface area contributed by atoms with E-state index in [2.05, 4.69) is 5.32 Å². The number of hydrogen-bond donors (Lipinski definition) is 1. The molecule has 1 heterocycles. The molecule has 0 radical (unpaired) electrons. The van der Waals surface area contributed by atoms with Crippen molar-refractivity contribution in [2.75, 3.05) is 13.6 Å². The van der Waals surface area contributed by atoms with Crippen molar-refractivity contribution in [3.8, 4) is 0 Å². The Morgan fingerprint density at radius 2 is 2.00 bits per heavy atom. The predicted molar refractivity (Wildman–Crippen MR) is 60.4 cm³/mol. The van der Waals surface area contributed by atoms with Crippen LogP contribution in [-0.4, -0.2) is 47.9 Å². The molecule has 6 nitrogen and oxygen atoms in total. The third-order valence-corrected chi connectivity index (χ3v) is 2.32. The standard InChI is InChI=1S/C11H18N2O4/c1-11(2,3)17-10(16)13-6-7(14)5-8(13)9(15)12-4/h8H,5-6H2,1-4H3,(H,12,15). The molecule has 1 atom stereocenters. The van der Waals surface area contributed by atoms with Crippen LogP contribution < -0.4 is 5.32 Å². The second-order valence-electron chi connectivity index (χ2n) is 4.98. The number of likely N-dealkylation sites (tertiary alicyclic amines) is 1. The number of nitrogens with zero attached hydrogens (tertiary/aromatic N) is 1. The molecule has 1 aliphatic rings. The van der Waals surface area contributed by atoms with Crippen molar-refractivity contribution >= 4 is 17.8 Å². The summed E-state index contributed by atoms with van der Waals surface area (Å²) >= 11 is 0. The zero-order valence-electron chi connectivity index (χ0n) is 10.6. The van der Waals surface area contributed by atoms with Crippen LogP contribution >= 0.6 is 0 Å². The largest absolute Gasteiger partial charge is 0.444 e. The SMILES string of the molecule is CNC(=O)C1CC(=O)CN1C(=O)OC(C)(C)C. The summed E-state index contributed by atoms with van der Waals surface area (Å²) in [4.78, 5) is 35.8. The van der Waals surface area contributed by atoms with Crippen molar-refractivity contribution < 1.29 is 19.1 Å². The van der Waals surface area contributed by atoms with Crippen molar-refractivity contribution in [2.24, 2.45) is 0 Å². The Morgan fingerprint density at radius 3 is 2.47 bits per heavy atom. The Morgan fingerprint density at radius 1 is 1.41 bits per heavy atom. The molecule has 0 aromatic carbocycles. The van der Waals surface area contributed by atoms with E-state index in [0.717, 1.165) is 0 Å². The molecule has 1 rings (SSSR count). The minimum atomic E-state index is -0.748. The fourth-order valence-corrected chi connectivity index (χ4v) is 1.60. The van der Waals surface area contributed by atoms with Gasteiger partial charge >= 0.3 is 6.09 Å². The highest BCUT2D eigenvalue weighted by Crippen LogP contribution is 2.18. The van der Waals surface area contributed by atoms with Crippen LogP contribution in [0.15, 0.2) is 0 Å². The highest BCUT2D eigenvalue weighted by atomic mass is 16.6. The zero-order chi connectivity index (χ0) is 13.2. The highest BCUT2D eigenvalue weighted by molar-refractivity contribution is 5.97. The number of ketones is 1. The molecule has 0 aromatic rings. The summed E-state index contributed by atoms with van der Waals surface area (Å²) in [7, 11) is 1.47. The molecule has 1 fully saturated rings. The Kier molecular flexibility index (Phi) is 3.75. The van der Waals surface area contributed by atoms with Crippen LogP contribution in [0.2, 0.25) is 0 Å². The Bertz CT molecular complexity index is 346. The van der Waals surface area contributed by atoms with E-state index in [4.69, 9.17) is 4.74 Å². The number of hydrogen-bond acceptors (Lipinski definition) is 4. The second kappa shape index (κ2) is 4.73. The summed E-state index contributed by atoms with van der Waals surface area (Å²) in [6.45, 7) is 5.14. The Labute approximate surface area is 100 Å². The number of amides is 2. The number of nitrogens with one attached hydrogen (secondary N) is 1. The number of likely N-dealkylation sites (N-methyl/N-ethyl adjacent to an activating group) is 1. The van der Waals surface area contributed by atoms with Gasteiger partial charge < -0.3 is 10.1 Å². The average molecular weight is 242 g/mol. The Hall–Kier alpha value is -1.59. The molecule has 0 spiro atoms. The van der Waals surface area contributed by atoms with Crippen molar-refractivity contribution in [3.05, 3.63) is 0 Å². The highest BCUT2D eigenvalue weighted by Gasteiger charge is 2.40. The summed E-state index contributed by atoms with van der Waals surface area (Å²) in [6, 6.07) is -0.748. The van der Waals surface area contributed by atoms with E-state index in [9.17, 15) is 14.4 Å². The van der Waals surface area contributed by atoms with E-state index >= 15 is 0 Å². The van der Waals surface area contributed by atoms with E-state index in [0.29, 0.717) is 0 Å². The van der Waals surface area contributed by atoms with Crippen LogP contribution in [-0.2, 0) is 14.3 Å². The van der Waals surface area contributed by atoms with E-state index in [1.165, 1.54) is 11.9 Å². The lowest BCUT2D eigenvalue weighted by atomic mass is 10.2. The first-order valence-corrected chi connectivity index (χ1v) is 5.47. The fraction of sp³-hybridized carbons (Fsp3) is 0.727. The van der Waals surface area contributed by atoms with Gasteiger partial charge in [0.15, 0.2) is 5.78 Å². The normalized spacial score (nSPS) is 20.4. The maximum atomic E-state index is 11.8. The maximum Gasteiger partial charge on any atom is 0.411 e. The van der Waals surface area contributed by atoms with Gasteiger partial charge in [-0.05, 0) is 20.8 Å². The molecule has 0 saturated carbocycles. The lowest BCUT2D eigenvalue weighted by molar-refractivity contribution is -0.125. The Balaban J connectivity index is 2.77. The second-order valence-corrected chi connectivity index (χ2v) is 4.98. The number of rotatable bonds is 1. The van der Waals surface area contributed by atoms with Crippen molar-refractivity contribution in [1.29, 1.82) is 0 Å².